The highest BCUT2D eigenvalue weighted by molar-refractivity contribution is 5.40. The van der Waals surface area contributed by atoms with Crippen molar-refractivity contribution < 1.29 is 0 Å². The van der Waals surface area contributed by atoms with Gasteiger partial charge in [-0.2, -0.15) is 5.26 Å². The van der Waals surface area contributed by atoms with E-state index in [4.69, 9.17) is 5.26 Å². The topological polar surface area (TPSA) is 78.6 Å². The third-order valence-corrected chi connectivity index (χ3v) is 2.90. The Hall–Kier alpha value is -2.55. The number of hydrogen-bond acceptors (Lipinski definition) is 6. The second-order valence-corrected chi connectivity index (χ2v) is 3.99. The van der Waals surface area contributed by atoms with E-state index in [2.05, 4.69) is 24.8 Å². The number of nitriles is 1. The first-order valence-corrected chi connectivity index (χ1v) is 5.62. The minimum atomic E-state index is 0.330. The molecule has 0 spiro atoms. The van der Waals surface area contributed by atoms with Gasteiger partial charge in [0.2, 0.25) is 0 Å². The zero-order valence-electron chi connectivity index (χ0n) is 9.61. The third kappa shape index (κ3) is 1.86. The first kappa shape index (κ1) is 10.6. The monoisotopic (exact) mass is 238 g/mol. The van der Waals surface area contributed by atoms with Gasteiger partial charge in [0.05, 0.1) is 30.3 Å². The summed E-state index contributed by atoms with van der Waals surface area (Å²) < 4.78 is 0. The molecule has 0 aromatic carbocycles. The molecular weight excluding hydrogens is 228 g/mol. The van der Waals surface area contributed by atoms with Gasteiger partial charge in [-0.25, -0.2) is 9.97 Å². The maximum atomic E-state index is 8.68. The van der Waals surface area contributed by atoms with Gasteiger partial charge in [-0.15, -0.1) is 0 Å². The first-order valence-electron chi connectivity index (χ1n) is 5.62. The summed E-state index contributed by atoms with van der Waals surface area (Å²) >= 11 is 0. The molecule has 88 valence electrons. The van der Waals surface area contributed by atoms with Crippen molar-refractivity contribution >= 4 is 5.82 Å². The Morgan fingerprint density at radius 1 is 1.06 bits per heavy atom. The molecular formula is C12H10N6. The van der Waals surface area contributed by atoms with Gasteiger partial charge >= 0.3 is 0 Å². The fraction of sp³-hybridized carbons (Fsp3) is 0.250. The van der Waals surface area contributed by atoms with E-state index in [0.29, 0.717) is 12.2 Å². The van der Waals surface area contributed by atoms with E-state index in [1.165, 1.54) is 6.20 Å². The van der Waals surface area contributed by atoms with Crippen LogP contribution >= 0.6 is 0 Å². The van der Waals surface area contributed by atoms with Gasteiger partial charge in [0.15, 0.2) is 5.69 Å². The maximum Gasteiger partial charge on any atom is 0.158 e. The number of aromatic nitrogens is 4. The van der Waals surface area contributed by atoms with Gasteiger partial charge < -0.3 is 4.90 Å². The van der Waals surface area contributed by atoms with Crippen LogP contribution in [0.4, 0.5) is 5.82 Å². The number of anilines is 1. The van der Waals surface area contributed by atoms with Crippen LogP contribution in [0.2, 0.25) is 0 Å². The van der Waals surface area contributed by atoms with Crippen molar-refractivity contribution in [1.29, 1.82) is 5.26 Å². The molecule has 1 aliphatic heterocycles. The molecule has 0 saturated heterocycles. The zero-order chi connectivity index (χ0) is 12.4. The zero-order valence-corrected chi connectivity index (χ0v) is 9.61. The fourth-order valence-electron chi connectivity index (χ4n) is 1.98. The van der Waals surface area contributed by atoms with Gasteiger partial charge in [0.1, 0.15) is 11.9 Å². The van der Waals surface area contributed by atoms with E-state index in [1.807, 2.05) is 6.07 Å². The molecule has 3 rings (SSSR count). The number of rotatable bonds is 1. The molecule has 0 amide bonds. The molecule has 0 saturated carbocycles. The van der Waals surface area contributed by atoms with E-state index < -0.39 is 0 Å². The van der Waals surface area contributed by atoms with Crippen LogP contribution in [0, 0.1) is 11.3 Å². The molecule has 18 heavy (non-hydrogen) atoms. The average molecular weight is 238 g/mol. The Morgan fingerprint density at radius 3 is 2.61 bits per heavy atom. The Bertz CT molecular complexity index is 601. The second-order valence-electron chi connectivity index (χ2n) is 3.99. The largest absolute Gasteiger partial charge is 0.349 e. The standard InChI is InChI=1S/C12H10N6/c13-5-9-6-17-12(7-16-9)18-4-1-10-11(8-18)15-3-2-14-10/h2-3,6-7H,1,4,8H2. The molecule has 2 aromatic heterocycles. The third-order valence-electron chi connectivity index (χ3n) is 2.90. The highest BCUT2D eigenvalue weighted by Crippen LogP contribution is 2.19. The summed E-state index contributed by atoms with van der Waals surface area (Å²) in [6, 6.07) is 1.96. The van der Waals surface area contributed by atoms with E-state index in [1.54, 1.807) is 18.6 Å². The Balaban J connectivity index is 1.85. The summed E-state index contributed by atoms with van der Waals surface area (Å²) in [6.45, 7) is 1.52. The molecule has 0 fully saturated rings. The lowest BCUT2D eigenvalue weighted by atomic mass is 10.1. The van der Waals surface area contributed by atoms with Crippen molar-refractivity contribution in [2.45, 2.75) is 13.0 Å². The van der Waals surface area contributed by atoms with E-state index in [9.17, 15) is 0 Å². The Kier molecular flexibility index (Phi) is 2.57. The quantitative estimate of drug-likeness (QED) is 0.727. The second kappa shape index (κ2) is 4.37. The summed E-state index contributed by atoms with van der Waals surface area (Å²) in [5, 5.41) is 8.68. The van der Waals surface area contributed by atoms with E-state index in [0.717, 1.165) is 30.2 Å². The molecule has 0 aliphatic carbocycles. The predicted molar refractivity (Wildman–Crippen MR) is 63.5 cm³/mol. The highest BCUT2D eigenvalue weighted by atomic mass is 15.2. The summed E-state index contributed by atoms with van der Waals surface area (Å²) in [5.74, 6) is 0.769. The van der Waals surface area contributed by atoms with E-state index in [-0.39, 0.29) is 0 Å². The van der Waals surface area contributed by atoms with Gasteiger partial charge in [0, 0.05) is 25.4 Å². The minimum absolute atomic E-state index is 0.330. The molecule has 0 radical (unpaired) electrons. The maximum absolute atomic E-state index is 8.68. The molecule has 0 unspecified atom stereocenters. The SMILES string of the molecule is N#Cc1cnc(N2CCc3nccnc3C2)cn1. The Morgan fingerprint density at radius 2 is 1.89 bits per heavy atom. The lowest BCUT2D eigenvalue weighted by Gasteiger charge is -2.27. The average Bonchev–Trinajstić information content (AvgIpc) is 2.47. The van der Waals surface area contributed by atoms with Crippen LogP contribution in [-0.4, -0.2) is 26.5 Å². The van der Waals surface area contributed by atoms with Gasteiger partial charge in [-0.3, -0.25) is 9.97 Å². The normalized spacial score (nSPS) is 13.8. The molecule has 0 atom stereocenters. The molecule has 6 heteroatoms. The summed E-state index contributed by atoms with van der Waals surface area (Å²) in [4.78, 5) is 19.0. The van der Waals surface area contributed by atoms with Crippen LogP contribution < -0.4 is 4.90 Å². The van der Waals surface area contributed by atoms with E-state index >= 15 is 0 Å². The molecule has 1 aliphatic rings. The van der Waals surface area contributed by atoms with Crippen molar-refractivity contribution in [2.24, 2.45) is 0 Å². The van der Waals surface area contributed by atoms with Gasteiger partial charge in [0.25, 0.3) is 0 Å². The fourth-order valence-corrected chi connectivity index (χ4v) is 1.98. The van der Waals surface area contributed by atoms with Gasteiger partial charge in [-0.05, 0) is 0 Å². The summed E-state index contributed by atoms with van der Waals surface area (Å²) in [5.41, 5.74) is 2.36. The smallest absolute Gasteiger partial charge is 0.158 e. The summed E-state index contributed by atoms with van der Waals surface area (Å²) in [6.07, 6.45) is 7.38. The number of fused-ring (bicyclic) bond motifs is 1. The van der Waals surface area contributed by atoms with Crippen LogP contribution in [0.3, 0.4) is 0 Å². The molecule has 6 nitrogen and oxygen atoms in total. The lowest BCUT2D eigenvalue weighted by Crippen LogP contribution is -2.32. The van der Waals surface area contributed by atoms with Gasteiger partial charge in [-0.1, -0.05) is 0 Å². The van der Waals surface area contributed by atoms with Crippen LogP contribution in [0.15, 0.2) is 24.8 Å². The number of nitrogens with zero attached hydrogens (tertiary/aromatic N) is 6. The molecule has 0 N–H and O–H groups in total. The first-order chi connectivity index (χ1) is 8.86. The van der Waals surface area contributed by atoms with Crippen LogP contribution in [0.5, 0.6) is 0 Å². The van der Waals surface area contributed by atoms with Crippen molar-refractivity contribution in [3.8, 4) is 6.07 Å². The highest BCUT2D eigenvalue weighted by Gasteiger charge is 2.19. The lowest BCUT2D eigenvalue weighted by molar-refractivity contribution is 0.679. The van der Waals surface area contributed by atoms with Crippen LogP contribution in [-0.2, 0) is 13.0 Å². The van der Waals surface area contributed by atoms with Crippen molar-refractivity contribution in [3.63, 3.8) is 0 Å². The minimum Gasteiger partial charge on any atom is -0.349 e. The molecule has 2 aromatic rings. The van der Waals surface area contributed by atoms with Crippen molar-refractivity contribution in [1.82, 2.24) is 19.9 Å². The molecule has 3 heterocycles. The van der Waals surface area contributed by atoms with Crippen LogP contribution in [0.1, 0.15) is 17.1 Å². The van der Waals surface area contributed by atoms with Crippen molar-refractivity contribution in [3.05, 3.63) is 41.9 Å². The van der Waals surface area contributed by atoms with Crippen molar-refractivity contribution in [2.75, 3.05) is 11.4 Å². The number of hydrogen-bond donors (Lipinski definition) is 0. The summed E-state index contributed by atoms with van der Waals surface area (Å²) in [7, 11) is 0. The van der Waals surface area contributed by atoms with Crippen LogP contribution in [0.25, 0.3) is 0 Å². The Labute approximate surface area is 104 Å². The predicted octanol–water partition coefficient (Wildman–Crippen LogP) is 0.701. The molecule has 0 bridgehead atoms.